The Labute approximate surface area is 195 Å². The predicted molar refractivity (Wildman–Crippen MR) is 132 cm³/mol. The largest absolute Gasteiger partial charge is 0.506 e. The number of carbonyl (C=O) groups is 2. The van der Waals surface area contributed by atoms with Gasteiger partial charge >= 0.3 is 0 Å². The van der Waals surface area contributed by atoms with Gasteiger partial charge in [0.05, 0.1) is 20.9 Å². The van der Waals surface area contributed by atoms with Gasteiger partial charge in [-0.1, -0.05) is 59.7 Å². The molecule has 0 aliphatic carbocycles. The van der Waals surface area contributed by atoms with E-state index in [-0.39, 0.29) is 23.1 Å². The second-order valence-corrected chi connectivity index (χ2v) is 9.26. The van der Waals surface area contributed by atoms with E-state index in [1.807, 2.05) is 62.4 Å². The van der Waals surface area contributed by atoms with E-state index in [0.717, 1.165) is 20.9 Å². The molecule has 0 bridgehead atoms. The minimum atomic E-state index is -0.105. The minimum absolute atomic E-state index is 0.0985. The van der Waals surface area contributed by atoms with Crippen LogP contribution in [-0.2, 0) is 0 Å². The summed E-state index contributed by atoms with van der Waals surface area (Å²) in [5.41, 5.74) is 5.04. The van der Waals surface area contributed by atoms with Gasteiger partial charge in [-0.05, 0) is 38.8 Å². The summed E-state index contributed by atoms with van der Waals surface area (Å²) in [6.07, 6.45) is 0. The summed E-state index contributed by atoms with van der Waals surface area (Å²) >= 11 is 2.79. The summed E-state index contributed by atoms with van der Waals surface area (Å²) in [5.74, 6) is -0.0121. The Kier molecular flexibility index (Phi) is 7.28. The second kappa shape index (κ2) is 9.94. The molecule has 0 aliphatic heterocycles. The Morgan fingerprint density at radius 1 is 0.625 bits per heavy atom. The summed E-state index contributed by atoms with van der Waals surface area (Å²) in [4.78, 5) is 23.9. The van der Waals surface area contributed by atoms with Crippen LogP contribution < -0.4 is 0 Å². The van der Waals surface area contributed by atoms with Crippen LogP contribution in [0.3, 0.4) is 0 Å². The zero-order valence-corrected chi connectivity index (χ0v) is 19.9. The second-order valence-electron chi connectivity index (χ2n) is 7.50. The monoisotopic (exact) mass is 464 g/mol. The van der Waals surface area contributed by atoms with Crippen LogP contribution in [0.1, 0.15) is 45.7 Å². The molecule has 4 rings (SSSR count). The standard InChI is InChI=1S/2C13H12O2S/c2*1-8-3-5-10(6-4-8)13-12(15)11(7-16-13)9(2)14/h2*3-7,15H,1-2H3. The molecule has 0 radical (unpaired) electrons. The number of hydrogen-bond donors (Lipinski definition) is 2. The normalized spacial score (nSPS) is 10.4. The van der Waals surface area contributed by atoms with Crippen molar-refractivity contribution in [2.24, 2.45) is 0 Å². The van der Waals surface area contributed by atoms with Crippen LogP contribution in [0.2, 0.25) is 0 Å². The van der Waals surface area contributed by atoms with Gasteiger partial charge in [0.15, 0.2) is 11.6 Å². The van der Waals surface area contributed by atoms with Crippen molar-refractivity contribution in [3.8, 4) is 32.4 Å². The summed E-state index contributed by atoms with van der Waals surface area (Å²) in [6.45, 7) is 6.94. The molecule has 6 heteroatoms. The molecule has 0 unspecified atom stereocenters. The molecular weight excluding hydrogens is 440 g/mol. The maximum Gasteiger partial charge on any atom is 0.164 e. The molecule has 0 amide bonds. The Morgan fingerprint density at radius 2 is 0.938 bits per heavy atom. The molecule has 0 saturated carbocycles. The van der Waals surface area contributed by atoms with Crippen molar-refractivity contribution in [3.05, 3.63) is 81.5 Å². The maximum atomic E-state index is 11.2. The van der Waals surface area contributed by atoms with Crippen LogP contribution in [0.4, 0.5) is 0 Å². The van der Waals surface area contributed by atoms with Gasteiger partial charge in [-0.15, -0.1) is 22.7 Å². The van der Waals surface area contributed by atoms with Gasteiger partial charge in [-0.2, -0.15) is 0 Å². The molecule has 164 valence electrons. The molecule has 4 nitrogen and oxygen atoms in total. The van der Waals surface area contributed by atoms with Crippen molar-refractivity contribution in [2.45, 2.75) is 27.7 Å². The number of ketones is 2. The van der Waals surface area contributed by atoms with Crippen LogP contribution in [-0.4, -0.2) is 21.8 Å². The van der Waals surface area contributed by atoms with Crippen LogP contribution in [0.5, 0.6) is 11.5 Å². The Morgan fingerprint density at radius 3 is 1.19 bits per heavy atom. The molecule has 0 aliphatic rings. The lowest BCUT2D eigenvalue weighted by Gasteiger charge is -2.00. The Bertz CT molecular complexity index is 1150. The van der Waals surface area contributed by atoms with Crippen LogP contribution >= 0.6 is 22.7 Å². The molecule has 0 saturated heterocycles. The van der Waals surface area contributed by atoms with Gasteiger partial charge in [0.25, 0.3) is 0 Å². The van der Waals surface area contributed by atoms with Crippen molar-refractivity contribution < 1.29 is 19.8 Å². The number of hydrogen-bond acceptors (Lipinski definition) is 6. The van der Waals surface area contributed by atoms with Gasteiger partial charge < -0.3 is 10.2 Å². The molecular formula is C26H24O4S2. The fourth-order valence-electron chi connectivity index (χ4n) is 3.02. The number of benzene rings is 2. The molecule has 2 heterocycles. The quantitative estimate of drug-likeness (QED) is 0.312. The van der Waals surface area contributed by atoms with E-state index in [1.54, 1.807) is 10.8 Å². The summed E-state index contributed by atoms with van der Waals surface area (Å²) in [5, 5.41) is 23.2. The van der Waals surface area contributed by atoms with E-state index in [9.17, 15) is 19.8 Å². The Balaban J connectivity index is 0.000000181. The van der Waals surface area contributed by atoms with Gasteiger partial charge in [0, 0.05) is 10.8 Å². The number of thiophene rings is 2. The fourth-order valence-corrected chi connectivity index (χ4v) is 5.04. The van der Waals surface area contributed by atoms with Gasteiger partial charge in [0.1, 0.15) is 11.5 Å². The van der Waals surface area contributed by atoms with Crippen molar-refractivity contribution in [2.75, 3.05) is 0 Å². The molecule has 2 aromatic carbocycles. The summed E-state index contributed by atoms with van der Waals surface area (Å²) in [7, 11) is 0. The van der Waals surface area contributed by atoms with Crippen molar-refractivity contribution in [1.29, 1.82) is 0 Å². The molecule has 0 fully saturated rings. The van der Waals surface area contributed by atoms with E-state index >= 15 is 0 Å². The first-order chi connectivity index (χ1) is 15.2. The molecule has 2 aromatic heterocycles. The lowest BCUT2D eigenvalue weighted by Crippen LogP contribution is -1.88. The summed E-state index contributed by atoms with van der Waals surface area (Å²) < 4.78 is 0. The number of Topliss-reactive ketones (excluding diaryl/α,β-unsaturated/α-hetero) is 2. The first kappa shape index (κ1) is 23.4. The van der Waals surface area contributed by atoms with Crippen LogP contribution in [0.15, 0.2) is 59.3 Å². The number of aryl methyl sites for hydroxylation is 2. The zero-order chi connectivity index (χ0) is 23.4. The van der Waals surface area contributed by atoms with E-state index < -0.39 is 0 Å². The van der Waals surface area contributed by atoms with E-state index in [1.165, 1.54) is 47.6 Å². The maximum absolute atomic E-state index is 11.2. The molecule has 0 spiro atoms. The minimum Gasteiger partial charge on any atom is -0.506 e. The molecule has 4 aromatic rings. The first-order valence-electron chi connectivity index (χ1n) is 9.96. The third kappa shape index (κ3) is 5.15. The van der Waals surface area contributed by atoms with Gasteiger partial charge in [0.2, 0.25) is 0 Å². The van der Waals surface area contributed by atoms with Crippen molar-refractivity contribution >= 4 is 34.2 Å². The van der Waals surface area contributed by atoms with E-state index in [4.69, 9.17) is 0 Å². The zero-order valence-electron chi connectivity index (χ0n) is 18.3. The van der Waals surface area contributed by atoms with Crippen molar-refractivity contribution in [1.82, 2.24) is 0 Å². The molecule has 32 heavy (non-hydrogen) atoms. The van der Waals surface area contributed by atoms with Crippen molar-refractivity contribution in [3.63, 3.8) is 0 Å². The third-order valence-corrected chi connectivity index (χ3v) is 6.95. The van der Waals surface area contributed by atoms with Crippen LogP contribution in [0.25, 0.3) is 20.9 Å². The smallest absolute Gasteiger partial charge is 0.164 e. The topological polar surface area (TPSA) is 74.6 Å². The fraction of sp³-hybridized carbons (Fsp3) is 0.154. The highest BCUT2D eigenvalue weighted by Gasteiger charge is 2.16. The number of carbonyl (C=O) groups excluding carboxylic acids is 2. The highest BCUT2D eigenvalue weighted by molar-refractivity contribution is 7.14. The first-order valence-corrected chi connectivity index (χ1v) is 11.7. The predicted octanol–water partition coefficient (Wildman–Crippen LogP) is 7.26. The SMILES string of the molecule is CC(=O)c1csc(-c2ccc(C)cc2)c1O.CC(=O)c1csc(-c2ccc(C)cc2)c1O. The number of rotatable bonds is 4. The molecule has 2 N–H and O–H groups in total. The average Bonchev–Trinajstić information content (AvgIpc) is 3.33. The van der Waals surface area contributed by atoms with E-state index in [2.05, 4.69) is 0 Å². The lowest BCUT2D eigenvalue weighted by molar-refractivity contribution is 0.100. The lowest BCUT2D eigenvalue weighted by atomic mass is 10.1. The number of aromatic hydroxyl groups is 2. The third-order valence-electron chi connectivity index (χ3n) is 4.92. The van der Waals surface area contributed by atoms with Crippen LogP contribution in [0, 0.1) is 13.8 Å². The van der Waals surface area contributed by atoms with E-state index in [0.29, 0.717) is 11.1 Å². The highest BCUT2D eigenvalue weighted by atomic mass is 32.1. The average molecular weight is 465 g/mol. The molecule has 0 atom stereocenters. The highest BCUT2D eigenvalue weighted by Crippen LogP contribution is 2.39. The van der Waals surface area contributed by atoms with Gasteiger partial charge in [-0.25, -0.2) is 0 Å². The van der Waals surface area contributed by atoms with Gasteiger partial charge in [-0.3, -0.25) is 9.59 Å². The Hall–Kier alpha value is -3.22. The summed E-state index contributed by atoms with van der Waals surface area (Å²) in [6, 6.07) is 15.7.